The minimum absolute atomic E-state index is 0.0805. The summed E-state index contributed by atoms with van der Waals surface area (Å²) in [5, 5.41) is 19.8. The normalized spacial score (nSPS) is 15.8. The molecule has 0 unspecified atom stereocenters. The maximum Gasteiger partial charge on any atom is 0.270 e. The zero-order chi connectivity index (χ0) is 13.8. The van der Waals surface area contributed by atoms with Crippen LogP contribution in [0.15, 0.2) is 18.2 Å². The average Bonchev–Trinajstić information content (AvgIpc) is 2.46. The minimum Gasteiger partial charge on any atom is -0.370 e. The van der Waals surface area contributed by atoms with Crippen molar-refractivity contribution in [1.29, 1.82) is 5.26 Å². The molecule has 6 nitrogen and oxygen atoms in total. The van der Waals surface area contributed by atoms with Gasteiger partial charge in [-0.3, -0.25) is 10.1 Å². The molecule has 0 aliphatic carbocycles. The first-order valence-electron chi connectivity index (χ1n) is 6.04. The fraction of sp³-hybridized carbons (Fsp3) is 0.385. The van der Waals surface area contributed by atoms with Gasteiger partial charge in [-0.1, -0.05) is 0 Å². The third-order valence-corrected chi connectivity index (χ3v) is 3.38. The number of carbonyl (C=O) groups is 1. The van der Waals surface area contributed by atoms with Gasteiger partial charge in [-0.05, 0) is 18.9 Å². The maximum atomic E-state index is 10.7. The number of hydrogen-bond acceptors (Lipinski definition) is 5. The van der Waals surface area contributed by atoms with Gasteiger partial charge in [0.25, 0.3) is 5.69 Å². The molecule has 1 aromatic rings. The van der Waals surface area contributed by atoms with E-state index in [1.54, 1.807) is 6.07 Å². The first-order valence-corrected chi connectivity index (χ1v) is 6.04. The minimum atomic E-state index is -0.511. The molecule has 1 aliphatic heterocycles. The Labute approximate surface area is 110 Å². The second kappa shape index (κ2) is 5.48. The van der Waals surface area contributed by atoms with Crippen LogP contribution in [-0.2, 0) is 4.79 Å². The molecule has 98 valence electrons. The van der Waals surface area contributed by atoms with Crippen molar-refractivity contribution >= 4 is 17.7 Å². The van der Waals surface area contributed by atoms with E-state index in [9.17, 15) is 14.9 Å². The van der Waals surface area contributed by atoms with E-state index in [1.165, 1.54) is 12.1 Å². The molecule has 0 amide bonds. The Morgan fingerprint density at radius 1 is 1.42 bits per heavy atom. The third-order valence-electron chi connectivity index (χ3n) is 3.38. The summed E-state index contributed by atoms with van der Waals surface area (Å²) in [6.45, 7) is 1.38. The van der Waals surface area contributed by atoms with Crippen molar-refractivity contribution in [3.8, 4) is 6.07 Å². The average molecular weight is 259 g/mol. The summed E-state index contributed by atoms with van der Waals surface area (Å²) in [7, 11) is 0. The number of hydrogen-bond donors (Lipinski definition) is 0. The molecule has 0 spiro atoms. The molecular formula is C13H13N3O3. The standard InChI is InChI=1S/C13H13N3O3/c14-8-11-7-12(16(18)19)1-2-13(11)15-5-3-10(9-17)4-6-15/h1-2,7,9-10H,3-6H2. The van der Waals surface area contributed by atoms with Gasteiger partial charge < -0.3 is 9.69 Å². The monoisotopic (exact) mass is 259 g/mol. The highest BCUT2D eigenvalue weighted by molar-refractivity contribution is 5.64. The molecule has 1 aliphatic rings. The second-order valence-electron chi connectivity index (χ2n) is 4.53. The van der Waals surface area contributed by atoms with E-state index in [-0.39, 0.29) is 11.6 Å². The molecule has 0 N–H and O–H groups in total. The molecule has 1 heterocycles. The van der Waals surface area contributed by atoms with Crippen LogP contribution in [0.25, 0.3) is 0 Å². The topological polar surface area (TPSA) is 87.2 Å². The number of anilines is 1. The van der Waals surface area contributed by atoms with Crippen LogP contribution in [0.5, 0.6) is 0 Å². The van der Waals surface area contributed by atoms with Crippen molar-refractivity contribution in [2.75, 3.05) is 18.0 Å². The van der Waals surface area contributed by atoms with Gasteiger partial charge in [0, 0.05) is 31.1 Å². The van der Waals surface area contributed by atoms with E-state index < -0.39 is 4.92 Å². The van der Waals surface area contributed by atoms with E-state index in [0.29, 0.717) is 24.3 Å². The molecule has 19 heavy (non-hydrogen) atoms. The van der Waals surface area contributed by atoms with Gasteiger partial charge in [0.15, 0.2) is 0 Å². The number of nitrogens with zero attached hydrogens (tertiary/aromatic N) is 3. The van der Waals surface area contributed by atoms with E-state index >= 15 is 0 Å². The van der Waals surface area contributed by atoms with Crippen LogP contribution in [0.4, 0.5) is 11.4 Å². The van der Waals surface area contributed by atoms with E-state index in [2.05, 4.69) is 0 Å². The number of benzene rings is 1. The van der Waals surface area contributed by atoms with E-state index in [0.717, 1.165) is 19.1 Å². The Hall–Kier alpha value is -2.42. The lowest BCUT2D eigenvalue weighted by molar-refractivity contribution is -0.384. The number of aldehydes is 1. The molecule has 0 aromatic heterocycles. The van der Waals surface area contributed by atoms with Crippen molar-refractivity contribution in [1.82, 2.24) is 0 Å². The highest BCUT2D eigenvalue weighted by Gasteiger charge is 2.21. The smallest absolute Gasteiger partial charge is 0.270 e. The quantitative estimate of drug-likeness (QED) is 0.470. The molecule has 0 saturated carbocycles. The van der Waals surface area contributed by atoms with Crippen molar-refractivity contribution in [2.45, 2.75) is 12.8 Å². The molecule has 0 atom stereocenters. The Morgan fingerprint density at radius 3 is 2.63 bits per heavy atom. The van der Waals surface area contributed by atoms with Gasteiger partial charge in [-0.15, -0.1) is 0 Å². The van der Waals surface area contributed by atoms with Crippen LogP contribution in [0, 0.1) is 27.4 Å². The first-order chi connectivity index (χ1) is 9.15. The van der Waals surface area contributed by atoms with Crippen LogP contribution in [-0.4, -0.2) is 24.3 Å². The van der Waals surface area contributed by atoms with E-state index in [4.69, 9.17) is 5.26 Å². The lowest BCUT2D eigenvalue weighted by Crippen LogP contribution is -2.34. The summed E-state index contributed by atoms with van der Waals surface area (Å²) in [6.07, 6.45) is 2.48. The number of carbonyl (C=O) groups excluding carboxylic acids is 1. The molecule has 1 aromatic carbocycles. The zero-order valence-electron chi connectivity index (χ0n) is 10.3. The predicted molar refractivity (Wildman–Crippen MR) is 68.8 cm³/mol. The van der Waals surface area contributed by atoms with Gasteiger partial charge in [0.1, 0.15) is 12.4 Å². The third kappa shape index (κ3) is 2.71. The fourth-order valence-electron chi connectivity index (χ4n) is 2.28. The Morgan fingerprint density at radius 2 is 2.11 bits per heavy atom. The summed E-state index contributed by atoms with van der Waals surface area (Å²) in [5.41, 5.74) is 0.930. The Balaban J connectivity index is 2.23. The summed E-state index contributed by atoms with van der Waals surface area (Å²) >= 11 is 0. The molecule has 1 fully saturated rings. The van der Waals surface area contributed by atoms with Gasteiger partial charge in [-0.25, -0.2) is 0 Å². The molecule has 0 bridgehead atoms. The van der Waals surface area contributed by atoms with Crippen LogP contribution in [0.3, 0.4) is 0 Å². The Kier molecular flexibility index (Phi) is 3.76. The number of piperidine rings is 1. The largest absolute Gasteiger partial charge is 0.370 e. The summed E-state index contributed by atoms with van der Waals surface area (Å²) in [5.74, 6) is 0.0832. The van der Waals surface area contributed by atoms with Gasteiger partial charge >= 0.3 is 0 Å². The van der Waals surface area contributed by atoms with Crippen molar-refractivity contribution < 1.29 is 9.72 Å². The molecule has 2 rings (SSSR count). The molecule has 1 saturated heterocycles. The van der Waals surface area contributed by atoms with E-state index in [1.807, 2.05) is 11.0 Å². The second-order valence-corrected chi connectivity index (χ2v) is 4.53. The summed E-state index contributed by atoms with van der Waals surface area (Å²) in [6, 6.07) is 6.30. The zero-order valence-corrected chi connectivity index (χ0v) is 10.3. The number of nitriles is 1. The number of nitro benzene ring substituents is 1. The number of non-ortho nitro benzene ring substituents is 1. The SMILES string of the molecule is N#Cc1cc([N+](=O)[O-])ccc1N1CCC(C=O)CC1. The molecule has 0 radical (unpaired) electrons. The number of rotatable bonds is 3. The molecular weight excluding hydrogens is 246 g/mol. The summed E-state index contributed by atoms with van der Waals surface area (Å²) in [4.78, 5) is 22.9. The lowest BCUT2D eigenvalue weighted by atomic mass is 9.97. The highest BCUT2D eigenvalue weighted by Crippen LogP contribution is 2.28. The van der Waals surface area contributed by atoms with Crippen molar-refractivity contribution in [3.63, 3.8) is 0 Å². The maximum absolute atomic E-state index is 10.7. The number of nitro groups is 1. The van der Waals surface area contributed by atoms with Crippen LogP contribution < -0.4 is 4.90 Å². The summed E-state index contributed by atoms with van der Waals surface area (Å²) < 4.78 is 0. The van der Waals surface area contributed by atoms with Crippen molar-refractivity contribution in [2.24, 2.45) is 5.92 Å². The fourth-order valence-corrected chi connectivity index (χ4v) is 2.28. The molecule has 6 heteroatoms. The lowest BCUT2D eigenvalue weighted by Gasteiger charge is -2.31. The van der Waals surface area contributed by atoms with Crippen LogP contribution in [0.1, 0.15) is 18.4 Å². The van der Waals surface area contributed by atoms with Gasteiger partial charge in [0.2, 0.25) is 0 Å². The predicted octanol–water partition coefficient (Wildman–Crippen LogP) is 1.88. The van der Waals surface area contributed by atoms with Crippen LogP contribution in [0.2, 0.25) is 0 Å². The Bertz CT molecular complexity index is 543. The highest BCUT2D eigenvalue weighted by atomic mass is 16.6. The first kappa shape index (κ1) is 13.0. The van der Waals surface area contributed by atoms with Crippen molar-refractivity contribution in [3.05, 3.63) is 33.9 Å². The van der Waals surface area contributed by atoms with Gasteiger partial charge in [0.05, 0.1) is 16.2 Å². The van der Waals surface area contributed by atoms with Crippen LogP contribution >= 0.6 is 0 Å². The van der Waals surface area contributed by atoms with Gasteiger partial charge in [-0.2, -0.15) is 5.26 Å².